The summed E-state index contributed by atoms with van der Waals surface area (Å²) in [6.45, 7) is 1.69. The summed E-state index contributed by atoms with van der Waals surface area (Å²) in [5.74, 6) is 1.74. The van der Waals surface area contributed by atoms with E-state index in [0.717, 1.165) is 30.4 Å². The highest BCUT2D eigenvalue weighted by molar-refractivity contribution is 6.13. The molecule has 1 aromatic rings. The molecule has 0 saturated carbocycles. The van der Waals surface area contributed by atoms with Crippen molar-refractivity contribution in [3.8, 4) is 0 Å². The zero-order valence-electron chi connectivity index (χ0n) is 7.55. The summed E-state index contributed by atoms with van der Waals surface area (Å²) in [7, 11) is 0. The first-order chi connectivity index (χ1) is 6.93. The standard InChI is InChI=1S/C10H9N3O/c1-2-9(14-7-1)8-3-4-10-11-5-6-13(10)12-8/h1-4,7H,5-6H2. The van der Waals surface area contributed by atoms with Gasteiger partial charge in [0.25, 0.3) is 0 Å². The largest absolute Gasteiger partial charge is 0.463 e. The number of hydrogen-bond acceptors (Lipinski definition) is 4. The van der Waals surface area contributed by atoms with Crippen LogP contribution in [-0.2, 0) is 0 Å². The zero-order valence-corrected chi connectivity index (χ0v) is 7.55. The first kappa shape index (κ1) is 7.55. The Hall–Kier alpha value is -1.84. The van der Waals surface area contributed by atoms with Gasteiger partial charge in [-0.3, -0.25) is 4.99 Å². The van der Waals surface area contributed by atoms with Gasteiger partial charge in [-0.2, -0.15) is 5.10 Å². The van der Waals surface area contributed by atoms with E-state index in [2.05, 4.69) is 10.1 Å². The maximum atomic E-state index is 5.27. The second-order valence-corrected chi connectivity index (χ2v) is 3.16. The fraction of sp³-hybridized carbons (Fsp3) is 0.200. The van der Waals surface area contributed by atoms with Crippen LogP contribution in [-0.4, -0.2) is 29.6 Å². The van der Waals surface area contributed by atoms with Gasteiger partial charge in [0, 0.05) is 0 Å². The molecule has 2 aliphatic heterocycles. The second kappa shape index (κ2) is 2.83. The van der Waals surface area contributed by atoms with Crippen LogP contribution in [0.3, 0.4) is 0 Å². The highest BCUT2D eigenvalue weighted by Gasteiger charge is 2.19. The normalized spacial score (nSPS) is 19.3. The lowest BCUT2D eigenvalue weighted by atomic mass is 10.2. The molecule has 0 N–H and O–H groups in total. The van der Waals surface area contributed by atoms with Gasteiger partial charge < -0.3 is 4.42 Å². The van der Waals surface area contributed by atoms with Gasteiger partial charge >= 0.3 is 0 Å². The Bertz CT molecular complexity index is 428. The molecule has 3 rings (SSSR count). The van der Waals surface area contributed by atoms with Gasteiger partial charge in [-0.1, -0.05) is 0 Å². The number of amidine groups is 1. The van der Waals surface area contributed by atoms with Crippen LogP contribution in [0.4, 0.5) is 0 Å². The van der Waals surface area contributed by atoms with Crippen molar-refractivity contribution in [1.29, 1.82) is 0 Å². The van der Waals surface area contributed by atoms with E-state index in [0.29, 0.717) is 0 Å². The summed E-state index contributed by atoms with van der Waals surface area (Å²) in [6.07, 6.45) is 5.55. The summed E-state index contributed by atoms with van der Waals surface area (Å²) in [6, 6.07) is 3.76. The summed E-state index contributed by atoms with van der Waals surface area (Å²) in [4.78, 5) is 4.29. The van der Waals surface area contributed by atoms with Gasteiger partial charge in [0.05, 0.1) is 19.4 Å². The van der Waals surface area contributed by atoms with Crippen LogP contribution >= 0.6 is 0 Å². The van der Waals surface area contributed by atoms with Crippen molar-refractivity contribution in [2.45, 2.75) is 0 Å². The first-order valence-corrected chi connectivity index (χ1v) is 4.56. The molecule has 4 heteroatoms. The number of furan rings is 1. The monoisotopic (exact) mass is 187 g/mol. The molecule has 0 aliphatic carbocycles. The molecule has 2 aliphatic rings. The molecule has 0 atom stereocenters. The zero-order chi connectivity index (χ0) is 9.38. The van der Waals surface area contributed by atoms with Crippen LogP contribution in [0.1, 0.15) is 5.76 Å². The lowest BCUT2D eigenvalue weighted by molar-refractivity contribution is 0.484. The Morgan fingerprint density at radius 3 is 3.21 bits per heavy atom. The molecule has 0 radical (unpaired) electrons. The van der Waals surface area contributed by atoms with Crippen molar-refractivity contribution in [1.82, 2.24) is 5.01 Å². The SMILES string of the molecule is C1=CC2=NCCN2N=C1c1ccco1. The van der Waals surface area contributed by atoms with Gasteiger partial charge in [-0.05, 0) is 24.3 Å². The van der Waals surface area contributed by atoms with Crippen molar-refractivity contribution in [2.24, 2.45) is 10.1 Å². The molecule has 0 bridgehead atoms. The molecule has 70 valence electrons. The topological polar surface area (TPSA) is 41.1 Å². The Morgan fingerprint density at radius 1 is 1.36 bits per heavy atom. The maximum absolute atomic E-state index is 5.27. The summed E-state index contributed by atoms with van der Waals surface area (Å²) >= 11 is 0. The third kappa shape index (κ3) is 1.08. The molecule has 3 heterocycles. The Balaban J connectivity index is 1.97. The molecule has 0 fully saturated rings. The summed E-state index contributed by atoms with van der Waals surface area (Å²) in [5, 5.41) is 6.33. The number of allylic oxidation sites excluding steroid dienone is 1. The Labute approximate surface area is 81.2 Å². The van der Waals surface area contributed by atoms with E-state index in [1.807, 2.05) is 29.3 Å². The van der Waals surface area contributed by atoms with Crippen molar-refractivity contribution in [2.75, 3.05) is 13.1 Å². The quantitative estimate of drug-likeness (QED) is 0.664. The van der Waals surface area contributed by atoms with Crippen LogP contribution in [0.5, 0.6) is 0 Å². The van der Waals surface area contributed by atoms with Gasteiger partial charge in [-0.25, -0.2) is 5.01 Å². The van der Waals surface area contributed by atoms with E-state index < -0.39 is 0 Å². The van der Waals surface area contributed by atoms with Crippen molar-refractivity contribution in [3.05, 3.63) is 36.3 Å². The number of hydrogen-bond donors (Lipinski definition) is 0. The van der Waals surface area contributed by atoms with Crippen molar-refractivity contribution >= 4 is 11.5 Å². The molecular formula is C10H9N3O. The molecule has 0 aromatic carbocycles. The lowest BCUT2D eigenvalue weighted by Crippen LogP contribution is -2.25. The molecule has 4 nitrogen and oxygen atoms in total. The van der Waals surface area contributed by atoms with Crippen molar-refractivity contribution in [3.63, 3.8) is 0 Å². The minimum Gasteiger partial charge on any atom is -0.463 e. The van der Waals surface area contributed by atoms with Crippen LogP contribution in [0.15, 0.2) is 45.1 Å². The highest BCUT2D eigenvalue weighted by atomic mass is 16.3. The van der Waals surface area contributed by atoms with Gasteiger partial charge in [0.15, 0.2) is 5.76 Å². The van der Waals surface area contributed by atoms with Gasteiger partial charge in [-0.15, -0.1) is 0 Å². The predicted molar refractivity (Wildman–Crippen MR) is 53.4 cm³/mol. The van der Waals surface area contributed by atoms with Gasteiger partial charge in [0.2, 0.25) is 0 Å². The third-order valence-electron chi connectivity index (χ3n) is 2.24. The molecule has 0 saturated heterocycles. The maximum Gasteiger partial charge on any atom is 0.154 e. The lowest BCUT2D eigenvalue weighted by Gasteiger charge is -2.16. The number of aliphatic imine (C=N–C) groups is 1. The molecule has 1 aromatic heterocycles. The Morgan fingerprint density at radius 2 is 2.36 bits per heavy atom. The van der Waals surface area contributed by atoms with E-state index in [1.165, 1.54) is 0 Å². The second-order valence-electron chi connectivity index (χ2n) is 3.16. The minimum absolute atomic E-state index is 0.798. The van der Waals surface area contributed by atoms with Crippen LogP contribution in [0, 0.1) is 0 Å². The van der Waals surface area contributed by atoms with E-state index in [4.69, 9.17) is 4.42 Å². The van der Waals surface area contributed by atoms with E-state index in [1.54, 1.807) is 6.26 Å². The molecule has 0 unspecified atom stereocenters. The smallest absolute Gasteiger partial charge is 0.154 e. The van der Waals surface area contributed by atoms with E-state index >= 15 is 0 Å². The summed E-state index contributed by atoms with van der Waals surface area (Å²) < 4.78 is 5.27. The van der Waals surface area contributed by atoms with Gasteiger partial charge in [0.1, 0.15) is 11.5 Å². The first-order valence-electron chi connectivity index (χ1n) is 4.56. The molecular weight excluding hydrogens is 178 g/mol. The van der Waals surface area contributed by atoms with Crippen LogP contribution in [0.2, 0.25) is 0 Å². The Kier molecular flexibility index (Phi) is 1.53. The highest BCUT2D eigenvalue weighted by Crippen LogP contribution is 2.13. The number of rotatable bonds is 1. The van der Waals surface area contributed by atoms with E-state index in [9.17, 15) is 0 Å². The van der Waals surface area contributed by atoms with Crippen molar-refractivity contribution < 1.29 is 4.42 Å². The molecule has 14 heavy (non-hydrogen) atoms. The number of fused-ring (bicyclic) bond motifs is 1. The van der Waals surface area contributed by atoms with E-state index in [-0.39, 0.29) is 0 Å². The predicted octanol–water partition coefficient (Wildman–Crippen LogP) is 1.27. The molecule has 0 amide bonds. The fourth-order valence-corrected chi connectivity index (χ4v) is 1.57. The number of hydrazone groups is 1. The third-order valence-corrected chi connectivity index (χ3v) is 2.24. The number of nitrogens with zero attached hydrogens (tertiary/aromatic N) is 3. The fourth-order valence-electron chi connectivity index (χ4n) is 1.57. The molecule has 0 spiro atoms. The van der Waals surface area contributed by atoms with Crippen LogP contribution < -0.4 is 0 Å². The average molecular weight is 187 g/mol. The average Bonchev–Trinajstić information content (AvgIpc) is 2.88. The summed E-state index contributed by atoms with van der Waals surface area (Å²) in [5.41, 5.74) is 0.857. The minimum atomic E-state index is 0.798. The van der Waals surface area contributed by atoms with Crippen LogP contribution in [0.25, 0.3) is 0 Å².